The molecular weight excluding hydrogens is 276 g/mol. The summed E-state index contributed by atoms with van der Waals surface area (Å²) in [5.41, 5.74) is 1.06. The van der Waals surface area contributed by atoms with Gasteiger partial charge in [0, 0.05) is 11.9 Å². The van der Waals surface area contributed by atoms with Crippen molar-refractivity contribution in [1.29, 1.82) is 0 Å². The standard InChI is InChI=1S/C14H20N2OS2/c1-4-10(2)13-12(9-17)19-14(15-13)16(3)8-11-6-5-7-18-11/h5-7,10,17H,4,8-9H2,1-3H3. The van der Waals surface area contributed by atoms with Gasteiger partial charge in [0.05, 0.1) is 23.7 Å². The molecular formula is C14H20N2OS2. The van der Waals surface area contributed by atoms with Crippen LogP contribution >= 0.6 is 22.7 Å². The number of thiophene rings is 1. The Kier molecular flexibility index (Phi) is 4.96. The van der Waals surface area contributed by atoms with Crippen LogP contribution < -0.4 is 4.90 Å². The molecule has 5 heteroatoms. The second kappa shape index (κ2) is 6.50. The fourth-order valence-electron chi connectivity index (χ4n) is 1.91. The van der Waals surface area contributed by atoms with Crippen molar-refractivity contribution in [2.75, 3.05) is 11.9 Å². The number of hydrogen-bond acceptors (Lipinski definition) is 5. The third kappa shape index (κ3) is 3.35. The smallest absolute Gasteiger partial charge is 0.185 e. The van der Waals surface area contributed by atoms with Gasteiger partial charge in [0.1, 0.15) is 0 Å². The Hall–Kier alpha value is -0.910. The highest BCUT2D eigenvalue weighted by Crippen LogP contribution is 2.32. The molecule has 0 aliphatic carbocycles. The van der Waals surface area contributed by atoms with Crippen molar-refractivity contribution in [3.8, 4) is 0 Å². The second-order valence-corrected chi connectivity index (χ2v) is 6.80. The van der Waals surface area contributed by atoms with E-state index in [2.05, 4.69) is 43.3 Å². The molecule has 1 atom stereocenters. The molecule has 1 N–H and O–H groups in total. The fourth-order valence-corrected chi connectivity index (χ4v) is 3.67. The van der Waals surface area contributed by atoms with Crippen molar-refractivity contribution < 1.29 is 5.11 Å². The lowest BCUT2D eigenvalue weighted by Crippen LogP contribution is -2.15. The maximum atomic E-state index is 9.47. The Balaban J connectivity index is 2.18. The molecule has 0 radical (unpaired) electrons. The van der Waals surface area contributed by atoms with Gasteiger partial charge in [-0.3, -0.25) is 0 Å². The number of anilines is 1. The lowest BCUT2D eigenvalue weighted by Gasteiger charge is -2.14. The first-order chi connectivity index (χ1) is 9.15. The minimum Gasteiger partial charge on any atom is -0.391 e. The van der Waals surface area contributed by atoms with Crippen LogP contribution in [0.25, 0.3) is 0 Å². The van der Waals surface area contributed by atoms with Crippen LogP contribution in [0.15, 0.2) is 17.5 Å². The summed E-state index contributed by atoms with van der Waals surface area (Å²) in [7, 11) is 2.06. The van der Waals surface area contributed by atoms with Crippen LogP contribution in [-0.2, 0) is 13.2 Å². The predicted molar refractivity (Wildman–Crippen MR) is 83.2 cm³/mol. The van der Waals surface area contributed by atoms with E-state index in [1.54, 1.807) is 22.7 Å². The van der Waals surface area contributed by atoms with Gasteiger partial charge < -0.3 is 10.0 Å². The molecule has 3 nitrogen and oxygen atoms in total. The van der Waals surface area contributed by atoms with Gasteiger partial charge in [-0.15, -0.1) is 11.3 Å². The molecule has 104 valence electrons. The van der Waals surface area contributed by atoms with Gasteiger partial charge >= 0.3 is 0 Å². The maximum absolute atomic E-state index is 9.47. The minimum atomic E-state index is 0.0875. The normalized spacial score (nSPS) is 12.6. The largest absolute Gasteiger partial charge is 0.391 e. The molecule has 0 aromatic carbocycles. The number of thiazole rings is 1. The fraction of sp³-hybridized carbons (Fsp3) is 0.500. The number of aromatic nitrogens is 1. The monoisotopic (exact) mass is 296 g/mol. The van der Waals surface area contributed by atoms with Crippen molar-refractivity contribution in [3.63, 3.8) is 0 Å². The van der Waals surface area contributed by atoms with E-state index in [1.807, 2.05) is 0 Å². The molecule has 2 heterocycles. The van der Waals surface area contributed by atoms with E-state index in [-0.39, 0.29) is 6.61 Å². The van der Waals surface area contributed by atoms with Crippen LogP contribution in [0.3, 0.4) is 0 Å². The van der Waals surface area contributed by atoms with Gasteiger partial charge in [0.15, 0.2) is 5.13 Å². The highest BCUT2D eigenvalue weighted by molar-refractivity contribution is 7.15. The molecule has 19 heavy (non-hydrogen) atoms. The number of aliphatic hydroxyl groups is 1. The van der Waals surface area contributed by atoms with Gasteiger partial charge in [-0.1, -0.05) is 31.3 Å². The van der Waals surface area contributed by atoms with Crippen molar-refractivity contribution in [1.82, 2.24) is 4.98 Å². The third-order valence-corrected chi connectivity index (χ3v) is 5.27. The first kappa shape index (κ1) is 14.5. The van der Waals surface area contributed by atoms with E-state index in [1.165, 1.54) is 4.88 Å². The summed E-state index contributed by atoms with van der Waals surface area (Å²) in [6.45, 7) is 5.28. The van der Waals surface area contributed by atoms with Crippen LogP contribution in [0.2, 0.25) is 0 Å². The van der Waals surface area contributed by atoms with Gasteiger partial charge in [-0.2, -0.15) is 0 Å². The van der Waals surface area contributed by atoms with Crippen LogP contribution in [0.1, 0.15) is 41.6 Å². The van der Waals surface area contributed by atoms with Crippen LogP contribution in [0, 0.1) is 0 Å². The first-order valence-electron chi connectivity index (χ1n) is 6.49. The molecule has 0 amide bonds. The maximum Gasteiger partial charge on any atom is 0.185 e. The Morgan fingerprint density at radius 1 is 1.47 bits per heavy atom. The molecule has 0 fully saturated rings. The molecule has 1 unspecified atom stereocenters. The highest BCUT2D eigenvalue weighted by atomic mass is 32.1. The highest BCUT2D eigenvalue weighted by Gasteiger charge is 2.17. The quantitative estimate of drug-likeness (QED) is 0.879. The van der Waals surface area contributed by atoms with Crippen LogP contribution in [0.4, 0.5) is 5.13 Å². The number of hydrogen-bond donors (Lipinski definition) is 1. The SMILES string of the molecule is CCC(C)c1nc(N(C)Cc2cccs2)sc1CO. The summed E-state index contributed by atoms with van der Waals surface area (Å²) in [6.07, 6.45) is 1.05. The van der Waals surface area contributed by atoms with Crippen molar-refractivity contribution in [2.24, 2.45) is 0 Å². The topological polar surface area (TPSA) is 36.4 Å². The van der Waals surface area contributed by atoms with E-state index in [4.69, 9.17) is 4.98 Å². The zero-order valence-electron chi connectivity index (χ0n) is 11.6. The summed E-state index contributed by atoms with van der Waals surface area (Å²) >= 11 is 3.36. The number of rotatable bonds is 6. The summed E-state index contributed by atoms with van der Waals surface area (Å²) in [6, 6.07) is 4.21. The average molecular weight is 296 g/mol. The van der Waals surface area contributed by atoms with Gasteiger partial charge in [-0.05, 0) is 23.8 Å². The van der Waals surface area contributed by atoms with E-state index >= 15 is 0 Å². The Morgan fingerprint density at radius 3 is 2.84 bits per heavy atom. The van der Waals surface area contributed by atoms with Gasteiger partial charge in [0.2, 0.25) is 0 Å². The Bertz CT molecular complexity index is 508. The lowest BCUT2D eigenvalue weighted by atomic mass is 10.0. The Morgan fingerprint density at radius 2 is 2.26 bits per heavy atom. The number of nitrogens with zero attached hydrogens (tertiary/aromatic N) is 2. The summed E-state index contributed by atoms with van der Waals surface area (Å²) < 4.78 is 0. The van der Waals surface area contributed by atoms with Crippen LogP contribution in [-0.4, -0.2) is 17.1 Å². The van der Waals surface area contributed by atoms with E-state index < -0.39 is 0 Å². The van der Waals surface area contributed by atoms with Gasteiger partial charge in [0.25, 0.3) is 0 Å². The molecule has 0 saturated carbocycles. The number of aliphatic hydroxyl groups excluding tert-OH is 1. The minimum absolute atomic E-state index is 0.0875. The van der Waals surface area contributed by atoms with E-state index in [0.717, 1.165) is 28.7 Å². The van der Waals surface area contributed by atoms with E-state index in [0.29, 0.717) is 5.92 Å². The molecule has 2 aromatic rings. The summed E-state index contributed by atoms with van der Waals surface area (Å²) in [4.78, 5) is 9.20. The van der Waals surface area contributed by atoms with Crippen molar-refractivity contribution >= 4 is 27.8 Å². The molecule has 0 spiro atoms. The third-order valence-electron chi connectivity index (χ3n) is 3.24. The zero-order valence-corrected chi connectivity index (χ0v) is 13.2. The predicted octanol–water partition coefficient (Wildman–Crippen LogP) is 3.85. The lowest BCUT2D eigenvalue weighted by molar-refractivity contribution is 0.283. The molecule has 0 aliphatic rings. The summed E-state index contributed by atoms with van der Waals surface area (Å²) in [5.74, 6) is 0.405. The van der Waals surface area contributed by atoms with E-state index in [9.17, 15) is 5.11 Å². The Labute approximate surface area is 122 Å². The van der Waals surface area contributed by atoms with Crippen molar-refractivity contribution in [2.45, 2.75) is 39.3 Å². The molecule has 0 bridgehead atoms. The molecule has 2 rings (SSSR count). The molecule has 0 saturated heterocycles. The van der Waals surface area contributed by atoms with Gasteiger partial charge in [-0.25, -0.2) is 4.98 Å². The average Bonchev–Trinajstić information content (AvgIpc) is 3.06. The first-order valence-corrected chi connectivity index (χ1v) is 8.19. The van der Waals surface area contributed by atoms with Crippen LogP contribution in [0.5, 0.6) is 0 Å². The second-order valence-electron chi connectivity index (χ2n) is 4.71. The molecule has 2 aromatic heterocycles. The summed E-state index contributed by atoms with van der Waals surface area (Å²) in [5, 5.41) is 12.6. The molecule has 0 aliphatic heterocycles. The van der Waals surface area contributed by atoms with Crippen molar-refractivity contribution in [3.05, 3.63) is 33.0 Å². The zero-order chi connectivity index (χ0) is 13.8.